The average molecular weight is 348 g/mol. The summed E-state index contributed by atoms with van der Waals surface area (Å²) in [6.07, 6.45) is 11.3. The average Bonchev–Trinajstić information content (AvgIpc) is 3.42. The molecule has 0 bridgehead atoms. The molecule has 0 atom stereocenters. The minimum atomic E-state index is -0.0282. The van der Waals surface area contributed by atoms with E-state index in [2.05, 4.69) is 73.7 Å². The second-order valence-corrected chi connectivity index (χ2v) is 6.90. The Morgan fingerprint density at radius 2 is 1.22 bits per heavy atom. The molecule has 128 valence electrons. The molecule has 0 radical (unpaired) electrons. The van der Waals surface area contributed by atoms with Crippen molar-refractivity contribution in [3.8, 4) is 0 Å². The molecule has 0 saturated heterocycles. The van der Waals surface area contributed by atoms with Crippen LogP contribution in [0.3, 0.4) is 0 Å². The zero-order valence-electron chi connectivity index (χ0n) is 14.5. The van der Waals surface area contributed by atoms with E-state index in [-0.39, 0.29) is 6.17 Å². The first-order valence-electron chi connectivity index (χ1n) is 9.01. The number of rotatable bonds is 3. The van der Waals surface area contributed by atoms with Gasteiger partial charge >= 0.3 is 0 Å². The molecule has 0 aliphatic carbocycles. The third-order valence-electron chi connectivity index (χ3n) is 5.46. The molecule has 0 fully saturated rings. The van der Waals surface area contributed by atoms with Gasteiger partial charge in [-0.3, -0.25) is 0 Å². The summed E-state index contributed by atoms with van der Waals surface area (Å²) in [5.74, 6) is 0. The van der Waals surface area contributed by atoms with E-state index in [1.54, 1.807) is 0 Å². The molecule has 0 N–H and O–H groups in total. The zero-order chi connectivity index (χ0) is 17.8. The van der Waals surface area contributed by atoms with E-state index in [1.165, 1.54) is 37.9 Å². The van der Waals surface area contributed by atoms with Gasteiger partial charge in [0.1, 0.15) is 6.17 Å². The molecule has 4 aromatic carbocycles. The van der Waals surface area contributed by atoms with E-state index in [9.17, 15) is 0 Å². The maximum Gasteiger partial charge on any atom is 0.138 e. The van der Waals surface area contributed by atoms with E-state index in [4.69, 9.17) is 0 Å². The van der Waals surface area contributed by atoms with Crippen LogP contribution < -0.4 is 0 Å². The molecule has 6 rings (SSSR count). The molecule has 2 heterocycles. The molecule has 0 spiro atoms. The molecular formula is C23H16N4. The molecule has 0 unspecified atom stereocenters. The fourth-order valence-electron chi connectivity index (χ4n) is 4.29. The monoisotopic (exact) mass is 348 g/mol. The Hall–Kier alpha value is -3.66. The minimum absolute atomic E-state index is 0.0282. The normalized spacial score (nSPS) is 12.0. The smallest absolute Gasteiger partial charge is 0.138 e. The van der Waals surface area contributed by atoms with Crippen molar-refractivity contribution >= 4 is 32.3 Å². The lowest BCUT2D eigenvalue weighted by atomic mass is 9.91. The van der Waals surface area contributed by atoms with Gasteiger partial charge in [0.25, 0.3) is 0 Å². The molecule has 0 aliphatic rings. The lowest BCUT2D eigenvalue weighted by molar-refractivity contribution is 0.505. The summed E-state index contributed by atoms with van der Waals surface area (Å²) < 4.78 is 4.24. The highest BCUT2D eigenvalue weighted by atomic mass is 15.2. The molecule has 4 heteroatoms. The van der Waals surface area contributed by atoms with Crippen LogP contribution in [-0.2, 0) is 0 Å². The minimum Gasteiger partial charge on any atom is -0.312 e. The number of hydrogen-bond donors (Lipinski definition) is 0. The third-order valence-corrected chi connectivity index (χ3v) is 5.46. The molecule has 4 nitrogen and oxygen atoms in total. The molecule has 0 amide bonds. The van der Waals surface area contributed by atoms with Crippen molar-refractivity contribution in [2.75, 3.05) is 0 Å². The zero-order valence-corrected chi connectivity index (χ0v) is 14.5. The van der Waals surface area contributed by atoms with Crippen LogP contribution in [0.4, 0.5) is 0 Å². The molecule has 6 aromatic rings. The van der Waals surface area contributed by atoms with Crippen molar-refractivity contribution in [1.82, 2.24) is 19.1 Å². The van der Waals surface area contributed by atoms with Gasteiger partial charge in [-0.25, -0.2) is 9.97 Å². The van der Waals surface area contributed by atoms with Crippen LogP contribution in [0.2, 0.25) is 0 Å². The quantitative estimate of drug-likeness (QED) is 0.419. The summed E-state index contributed by atoms with van der Waals surface area (Å²) in [4.78, 5) is 8.54. The number of aromatic nitrogens is 4. The number of hydrogen-bond acceptors (Lipinski definition) is 2. The summed E-state index contributed by atoms with van der Waals surface area (Å²) in [5.41, 5.74) is 1.23. The second-order valence-electron chi connectivity index (χ2n) is 6.90. The van der Waals surface area contributed by atoms with Crippen LogP contribution >= 0.6 is 0 Å². The SMILES string of the molecule is c1cc2ccc3ccc(C(n4ccnc4)n4ccnc4)c4ccc(c1)c2c34. The topological polar surface area (TPSA) is 35.6 Å². The van der Waals surface area contributed by atoms with Gasteiger partial charge in [-0.05, 0) is 32.3 Å². The molecule has 27 heavy (non-hydrogen) atoms. The van der Waals surface area contributed by atoms with Gasteiger partial charge in [0, 0.05) is 30.4 Å². The first-order chi connectivity index (χ1) is 13.4. The summed E-state index contributed by atoms with van der Waals surface area (Å²) >= 11 is 0. The Balaban J connectivity index is 1.74. The first kappa shape index (κ1) is 14.5. The Morgan fingerprint density at radius 1 is 0.630 bits per heavy atom. The van der Waals surface area contributed by atoms with Crippen LogP contribution in [0.15, 0.2) is 92.0 Å². The van der Waals surface area contributed by atoms with E-state index >= 15 is 0 Å². The molecule has 0 aliphatic heterocycles. The Labute approximate surface area is 155 Å². The van der Waals surface area contributed by atoms with Gasteiger partial charge in [0.15, 0.2) is 0 Å². The van der Waals surface area contributed by atoms with Crippen molar-refractivity contribution in [1.29, 1.82) is 0 Å². The van der Waals surface area contributed by atoms with E-state index in [1.807, 2.05) is 37.4 Å². The van der Waals surface area contributed by atoms with Gasteiger partial charge in [0.05, 0.1) is 12.7 Å². The van der Waals surface area contributed by atoms with Crippen LogP contribution in [0.1, 0.15) is 11.7 Å². The fourth-order valence-corrected chi connectivity index (χ4v) is 4.29. The van der Waals surface area contributed by atoms with Gasteiger partial charge in [-0.15, -0.1) is 0 Å². The largest absolute Gasteiger partial charge is 0.312 e. The highest BCUT2D eigenvalue weighted by Gasteiger charge is 2.19. The lowest BCUT2D eigenvalue weighted by Crippen LogP contribution is -2.17. The van der Waals surface area contributed by atoms with Gasteiger partial charge in [0.2, 0.25) is 0 Å². The summed E-state index contributed by atoms with van der Waals surface area (Å²) in [7, 11) is 0. The Bertz CT molecular complexity index is 1310. The summed E-state index contributed by atoms with van der Waals surface area (Å²) in [6, 6.07) is 19.9. The second kappa shape index (κ2) is 5.42. The van der Waals surface area contributed by atoms with Crippen molar-refractivity contribution in [2.45, 2.75) is 6.17 Å². The Kier molecular flexibility index (Phi) is 2.91. The van der Waals surface area contributed by atoms with Gasteiger partial charge in [-0.2, -0.15) is 0 Å². The number of nitrogens with zero attached hydrogens (tertiary/aromatic N) is 4. The van der Waals surface area contributed by atoms with Crippen LogP contribution in [-0.4, -0.2) is 19.1 Å². The Morgan fingerprint density at radius 3 is 1.85 bits per heavy atom. The summed E-state index contributed by atoms with van der Waals surface area (Å²) in [6.45, 7) is 0. The third kappa shape index (κ3) is 2.04. The number of imidazole rings is 2. The van der Waals surface area contributed by atoms with Crippen LogP contribution in [0, 0.1) is 0 Å². The fraction of sp³-hybridized carbons (Fsp3) is 0.0435. The standard InChI is InChI=1S/C23H16N4/c1-2-16-4-5-18-7-9-20(19-8-6-17(3-1)21(16)22(18)19)23(26-12-10-24-14-26)27-13-11-25-15-27/h1-15,23H. The van der Waals surface area contributed by atoms with Gasteiger partial charge in [-0.1, -0.05) is 54.6 Å². The van der Waals surface area contributed by atoms with E-state index in [0.29, 0.717) is 0 Å². The van der Waals surface area contributed by atoms with Crippen molar-refractivity contribution in [3.05, 3.63) is 97.6 Å². The molecule has 0 saturated carbocycles. The maximum atomic E-state index is 4.27. The van der Waals surface area contributed by atoms with E-state index in [0.717, 1.165) is 0 Å². The first-order valence-corrected chi connectivity index (χ1v) is 9.01. The van der Waals surface area contributed by atoms with Crippen molar-refractivity contribution in [2.24, 2.45) is 0 Å². The molecular weight excluding hydrogens is 332 g/mol. The predicted octanol–water partition coefficient (Wildman–Crippen LogP) is 5.07. The maximum absolute atomic E-state index is 4.27. The highest BCUT2D eigenvalue weighted by molar-refractivity contribution is 6.23. The van der Waals surface area contributed by atoms with Crippen LogP contribution in [0.5, 0.6) is 0 Å². The van der Waals surface area contributed by atoms with Crippen molar-refractivity contribution < 1.29 is 0 Å². The predicted molar refractivity (Wildman–Crippen MR) is 108 cm³/mol. The molecule has 2 aromatic heterocycles. The van der Waals surface area contributed by atoms with Gasteiger partial charge < -0.3 is 9.13 Å². The lowest BCUT2D eigenvalue weighted by Gasteiger charge is -2.23. The summed E-state index contributed by atoms with van der Waals surface area (Å²) in [5, 5.41) is 7.77. The van der Waals surface area contributed by atoms with Crippen molar-refractivity contribution in [3.63, 3.8) is 0 Å². The number of benzene rings is 4. The van der Waals surface area contributed by atoms with E-state index < -0.39 is 0 Å². The van der Waals surface area contributed by atoms with Crippen LogP contribution in [0.25, 0.3) is 32.3 Å². The highest BCUT2D eigenvalue weighted by Crippen LogP contribution is 2.38.